The maximum absolute atomic E-state index is 12.4. The molecule has 5 nitrogen and oxygen atoms in total. The predicted molar refractivity (Wildman–Crippen MR) is 86.3 cm³/mol. The molecule has 0 aromatic heterocycles. The Balaban J connectivity index is 1.96. The van der Waals surface area contributed by atoms with Crippen LogP contribution in [-0.4, -0.2) is 12.0 Å². The number of anilines is 1. The van der Waals surface area contributed by atoms with Crippen molar-refractivity contribution in [2.45, 2.75) is 6.18 Å². The first-order valence-corrected chi connectivity index (χ1v) is 6.97. The van der Waals surface area contributed by atoms with E-state index in [0.29, 0.717) is 10.7 Å². The van der Waals surface area contributed by atoms with Crippen molar-refractivity contribution in [1.29, 1.82) is 0 Å². The summed E-state index contributed by atoms with van der Waals surface area (Å²) in [6.45, 7) is 0. The third-order valence-corrected chi connectivity index (χ3v) is 3.04. The number of alkyl halides is 3. The van der Waals surface area contributed by atoms with E-state index in [9.17, 15) is 18.0 Å². The number of nitrogens with zero attached hydrogens (tertiary/aromatic N) is 1. The first kappa shape index (κ1) is 17.6. The van der Waals surface area contributed by atoms with Gasteiger partial charge in [-0.15, -0.1) is 0 Å². The molecule has 2 amide bonds. The number of rotatable bonds is 2. The molecule has 24 heavy (non-hydrogen) atoms. The van der Waals surface area contributed by atoms with Crippen molar-refractivity contribution in [3.63, 3.8) is 0 Å². The number of nitrogens with one attached hydrogen (secondary N) is 2. The topological polar surface area (TPSA) is 79.5 Å². The minimum absolute atomic E-state index is 0.179. The van der Waals surface area contributed by atoms with Crippen molar-refractivity contribution in [3.8, 4) is 0 Å². The summed E-state index contributed by atoms with van der Waals surface area (Å²) in [5.74, 6) is -0.179. The third-order valence-electron chi connectivity index (χ3n) is 2.79. The zero-order chi connectivity index (χ0) is 17.7. The number of aliphatic imine (C=N–C) groups is 1. The summed E-state index contributed by atoms with van der Waals surface area (Å²) in [5.41, 5.74) is 5.43. The Morgan fingerprint density at radius 2 is 1.62 bits per heavy atom. The molecule has 0 bridgehead atoms. The number of amides is 2. The van der Waals surface area contributed by atoms with Gasteiger partial charge in [0, 0.05) is 10.7 Å². The van der Waals surface area contributed by atoms with Crippen LogP contribution in [0, 0.1) is 0 Å². The molecule has 0 aliphatic heterocycles. The van der Waals surface area contributed by atoms with Gasteiger partial charge in [0.25, 0.3) is 0 Å². The van der Waals surface area contributed by atoms with Gasteiger partial charge < -0.3 is 11.1 Å². The normalized spacial score (nSPS) is 11.9. The van der Waals surface area contributed by atoms with Crippen LogP contribution >= 0.6 is 11.6 Å². The van der Waals surface area contributed by atoms with E-state index in [0.717, 1.165) is 24.3 Å². The van der Waals surface area contributed by atoms with E-state index in [1.165, 1.54) is 0 Å². The van der Waals surface area contributed by atoms with Crippen molar-refractivity contribution in [2.24, 2.45) is 10.7 Å². The van der Waals surface area contributed by atoms with Gasteiger partial charge in [0.2, 0.25) is 5.96 Å². The number of carbonyl (C=O) groups excluding carboxylic acids is 1. The molecule has 126 valence electrons. The Bertz CT molecular complexity index is 743. The molecule has 0 aliphatic rings. The lowest BCUT2D eigenvalue weighted by Gasteiger charge is -2.09. The maximum Gasteiger partial charge on any atom is 0.416 e. The number of benzene rings is 2. The molecule has 0 saturated heterocycles. The lowest BCUT2D eigenvalue weighted by atomic mass is 10.2. The van der Waals surface area contributed by atoms with Crippen molar-refractivity contribution in [3.05, 3.63) is 59.1 Å². The highest BCUT2D eigenvalue weighted by Gasteiger charge is 2.29. The summed E-state index contributed by atoms with van der Waals surface area (Å²) in [6.07, 6.45) is -4.43. The molecule has 0 radical (unpaired) electrons. The van der Waals surface area contributed by atoms with E-state index < -0.39 is 17.8 Å². The van der Waals surface area contributed by atoms with Gasteiger partial charge in [-0.3, -0.25) is 5.32 Å². The molecule has 0 spiro atoms. The number of hydrogen-bond acceptors (Lipinski definition) is 2. The van der Waals surface area contributed by atoms with Crippen molar-refractivity contribution >= 4 is 35.0 Å². The van der Waals surface area contributed by atoms with Crippen LogP contribution in [0.5, 0.6) is 0 Å². The maximum atomic E-state index is 12.4. The summed E-state index contributed by atoms with van der Waals surface area (Å²) in [7, 11) is 0. The summed E-state index contributed by atoms with van der Waals surface area (Å²) in [6, 6.07) is 9.68. The van der Waals surface area contributed by atoms with Crippen LogP contribution in [0.25, 0.3) is 0 Å². The molecular formula is C15H12ClF3N4O. The lowest BCUT2D eigenvalue weighted by Crippen LogP contribution is -2.39. The van der Waals surface area contributed by atoms with E-state index >= 15 is 0 Å². The molecule has 0 heterocycles. The van der Waals surface area contributed by atoms with Gasteiger partial charge in [0.1, 0.15) is 0 Å². The highest BCUT2D eigenvalue weighted by atomic mass is 35.5. The van der Waals surface area contributed by atoms with Gasteiger partial charge in [-0.2, -0.15) is 13.2 Å². The number of hydrogen-bond donors (Lipinski definition) is 3. The quantitative estimate of drug-likeness (QED) is 0.559. The van der Waals surface area contributed by atoms with Gasteiger partial charge in [-0.25, -0.2) is 9.79 Å². The van der Waals surface area contributed by atoms with E-state index in [4.69, 9.17) is 17.3 Å². The highest BCUT2D eigenvalue weighted by molar-refractivity contribution is 6.30. The molecule has 2 aromatic rings. The zero-order valence-electron chi connectivity index (χ0n) is 12.1. The number of nitrogens with two attached hydrogens (primary N) is 1. The Morgan fingerprint density at radius 1 is 1.04 bits per heavy atom. The fourth-order valence-corrected chi connectivity index (χ4v) is 1.83. The largest absolute Gasteiger partial charge is 0.416 e. The second-order valence-electron chi connectivity index (χ2n) is 4.63. The van der Waals surface area contributed by atoms with Gasteiger partial charge >= 0.3 is 12.2 Å². The number of guanidine groups is 1. The third kappa shape index (κ3) is 5.17. The first-order valence-electron chi connectivity index (χ1n) is 6.59. The minimum Gasteiger partial charge on any atom is -0.369 e. The molecule has 4 N–H and O–H groups in total. The zero-order valence-corrected chi connectivity index (χ0v) is 12.8. The first-order chi connectivity index (χ1) is 11.2. The number of urea groups is 1. The number of halogens is 4. The summed E-state index contributed by atoms with van der Waals surface area (Å²) in [4.78, 5) is 15.7. The van der Waals surface area contributed by atoms with Gasteiger partial charge in [0.15, 0.2) is 0 Å². The van der Waals surface area contributed by atoms with Crippen LogP contribution in [0.15, 0.2) is 53.5 Å². The van der Waals surface area contributed by atoms with Crippen LogP contribution in [0.2, 0.25) is 5.02 Å². The molecule has 2 rings (SSSR count). The molecule has 0 atom stereocenters. The second-order valence-corrected chi connectivity index (χ2v) is 5.06. The SMILES string of the molecule is NC(=Nc1ccc(Cl)cc1)NC(=O)Nc1ccc(C(F)(F)F)cc1. The second kappa shape index (κ2) is 7.22. The van der Waals surface area contributed by atoms with E-state index in [1.54, 1.807) is 24.3 Å². The van der Waals surface area contributed by atoms with E-state index in [-0.39, 0.29) is 11.6 Å². The van der Waals surface area contributed by atoms with Crippen LogP contribution in [-0.2, 0) is 6.18 Å². The van der Waals surface area contributed by atoms with Crippen LogP contribution in [0.4, 0.5) is 29.3 Å². The smallest absolute Gasteiger partial charge is 0.369 e. The van der Waals surface area contributed by atoms with Crippen LogP contribution in [0.3, 0.4) is 0 Å². The Labute approximate surface area is 140 Å². The van der Waals surface area contributed by atoms with Crippen molar-refractivity contribution in [1.82, 2.24) is 5.32 Å². The Hall–Kier alpha value is -2.74. The fraction of sp³-hybridized carbons (Fsp3) is 0.0667. The minimum atomic E-state index is -4.43. The Morgan fingerprint density at radius 3 is 2.17 bits per heavy atom. The average molecular weight is 357 g/mol. The van der Waals surface area contributed by atoms with Crippen LogP contribution < -0.4 is 16.4 Å². The molecule has 2 aromatic carbocycles. The average Bonchev–Trinajstić information content (AvgIpc) is 2.49. The molecule has 0 unspecified atom stereocenters. The lowest BCUT2D eigenvalue weighted by molar-refractivity contribution is -0.137. The van der Waals surface area contributed by atoms with Gasteiger partial charge in [0.05, 0.1) is 11.3 Å². The molecular weight excluding hydrogens is 345 g/mol. The fourth-order valence-electron chi connectivity index (χ4n) is 1.70. The highest BCUT2D eigenvalue weighted by Crippen LogP contribution is 2.29. The van der Waals surface area contributed by atoms with Gasteiger partial charge in [-0.05, 0) is 48.5 Å². The van der Waals surface area contributed by atoms with Crippen molar-refractivity contribution < 1.29 is 18.0 Å². The molecule has 9 heteroatoms. The predicted octanol–water partition coefficient (Wildman–Crippen LogP) is 4.13. The van der Waals surface area contributed by atoms with E-state index in [2.05, 4.69) is 15.6 Å². The summed E-state index contributed by atoms with van der Waals surface area (Å²) < 4.78 is 37.3. The summed E-state index contributed by atoms with van der Waals surface area (Å²) in [5, 5.41) is 5.13. The monoisotopic (exact) mass is 356 g/mol. The molecule has 0 aliphatic carbocycles. The standard InChI is InChI=1S/C15H12ClF3N4O/c16-10-3-7-11(8-4-10)21-13(20)23-14(24)22-12-5-1-9(2-6-12)15(17,18)19/h1-8H,(H4,20,21,22,23,24). The van der Waals surface area contributed by atoms with E-state index in [1.807, 2.05) is 0 Å². The molecule has 0 fully saturated rings. The number of carbonyl (C=O) groups is 1. The van der Waals surface area contributed by atoms with Crippen LogP contribution in [0.1, 0.15) is 5.56 Å². The molecule has 0 saturated carbocycles. The van der Waals surface area contributed by atoms with Crippen molar-refractivity contribution in [2.75, 3.05) is 5.32 Å². The summed E-state index contributed by atoms with van der Waals surface area (Å²) >= 11 is 5.73. The Kier molecular flexibility index (Phi) is 5.30. The van der Waals surface area contributed by atoms with Gasteiger partial charge in [-0.1, -0.05) is 11.6 Å².